The third-order valence-electron chi connectivity index (χ3n) is 6.91. The summed E-state index contributed by atoms with van der Waals surface area (Å²) in [6.45, 7) is 5.16. The molecule has 6 nitrogen and oxygen atoms in total. The molecule has 1 saturated heterocycles. The molecule has 2 saturated carbocycles. The number of likely N-dealkylation sites (tertiary alicyclic amines) is 1. The van der Waals surface area contributed by atoms with Gasteiger partial charge < -0.3 is 14.7 Å². The highest BCUT2D eigenvalue weighted by Gasteiger charge is 2.36. The highest BCUT2D eigenvalue weighted by molar-refractivity contribution is 5.92. The lowest BCUT2D eigenvalue weighted by Gasteiger charge is -2.41. The van der Waals surface area contributed by atoms with E-state index in [2.05, 4.69) is 29.2 Å². The fourth-order valence-corrected chi connectivity index (χ4v) is 4.82. The zero-order valence-corrected chi connectivity index (χ0v) is 17.2. The maximum absolute atomic E-state index is 13.1. The van der Waals surface area contributed by atoms with E-state index in [1.165, 1.54) is 12.8 Å². The van der Waals surface area contributed by atoms with E-state index in [1.807, 2.05) is 0 Å². The first-order chi connectivity index (χ1) is 13.5. The zero-order chi connectivity index (χ0) is 19.7. The molecule has 3 fully saturated rings. The molecule has 1 aromatic rings. The Balaban J connectivity index is 1.32. The Morgan fingerprint density at radius 1 is 1.18 bits per heavy atom. The molecule has 0 radical (unpaired) electrons. The predicted octanol–water partition coefficient (Wildman–Crippen LogP) is 3.88. The van der Waals surface area contributed by atoms with Gasteiger partial charge in [0.15, 0.2) is 5.69 Å². The summed E-state index contributed by atoms with van der Waals surface area (Å²) >= 11 is 0. The molecule has 1 aliphatic heterocycles. The van der Waals surface area contributed by atoms with Crippen LogP contribution in [0.1, 0.15) is 93.8 Å². The van der Waals surface area contributed by atoms with Crippen molar-refractivity contribution in [3.05, 3.63) is 17.5 Å². The maximum Gasteiger partial charge on any atom is 0.273 e. The average Bonchev–Trinajstić information content (AvgIpc) is 3.44. The van der Waals surface area contributed by atoms with Gasteiger partial charge in [-0.05, 0) is 63.7 Å². The minimum Gasteiger partial charge on any atom is -0.360 e. The van der Waals surface area contributed by atoms with Crippen molar-refractivity contribution in [2.24, 2.45) is 11.8 Å². The lowest BCUT2D eigenvalue weighted by Crippen LogP contribution is -2.53. The number of hydrogen-bond donors (Lipinski definition) is 1. The smallest absolute Gasteiger partial charge is 0.273 e. The van der Waals surface area contributed by atoms with Gasteiger partial charge >= 0.3 is 0 Å². The van der Waals surface area contributed by atoms with Gasteiger partial charge in [-0.25, -0.2) is 0 Å². The Labute approximate surface area is 167 Å². The molecule has 1 unspecified atom stereocenters. The molecule has 2 heterocycles. The number of nitrogens with zero attached hydrogens (tertiary/aromatic N) is 2. The van der Waals surface area contributed by atoms with Gasteiger partial charge in [0.05, 0.1) is 0 Å². The van der Waals surface area contributed by atoms with Crippen molar-refractivity contribution in [3.63, 3.8) is 0 Å². The highest BCUT2D eigenvalue weighted by atomic mass is 16.5. The molecule has 0 bridgehead atoms. The number of carbonyl (C=O) groups excluding carboxylic acids is 2. The molecule has 2 aliphatic carbocycles. The number of nitrogens with one attached hydrogen (secondary N) is 1. The van der Waals surface area contributed by atoms with E-state index < -0.39 is 0 Å². The molecule has 154 valence electrons. The normalized spacial score (nSPS) is 30.9. The number of amides is 2. The predicted molar refractivity (Wildman–Crippen MR) is 106 cm³/mol. The van der Waals surface area contributed by atoms with Crippen molar-refractivity contribution >= 4 is 11.8 Å². The highest BCUT2D eigenvalue weighted by Crippen LogP contribution is 2.40. The molecule has 6 heteroatoms. The van der Waals surface area contributed by atoms with Crippen LogP contribution in [0.5, 0.6) is 0 Å². The Hall–Kier alpha value is -1.85. The van der Waals surface area contributed by atoms with E-state index >= 15 is 0 Å². The molecular formula is C22H33N3O3. The Morgan fingerprint density at radius 2 is 1.93 bits per heavy atom. The van der Waals surface area contributed by atoms with Gasteiger partial charge in [-0.15, -0.1) is 0 Å². The monoisotopic (exact) mass is 387 g/mol. The number of hydrogen-bond acceptors (Lipinski definition) is 4. The Kier molecular flexibility index (Phi) is 5.74. The van der Waals surface area contributed by atoms with Crippen LogP contribution in [0.15, 0.2) is 10.6 Å². The second kappa shape index (κ2) is 8.26. The Morgan fingerprint density at radius 3 is 2.61 bits per heavy atom. The van der Waals surface area contributed by atoms with Crippen molar-refractivity contribution in [2.45, 2.75) is 89.6 Å². The van der Waals surface area contributed by atoms with Crippen LogP contribution in [0.2, 0.25) is 0 Å². The van der Waals surface area contributed by atoms with Gasteiger partial charge in [0.2, 0.25) is 5.91 Å². The lowest BCUT2D eigenvalue weighted by atomic mass is 9.81. The van der Waals surface area contributed by atoms with Crippen LogP contribution in [0.25, 0.3) is 0 Å². The van der Waals surface area contributed by atoms with Gasteiger partial charge in [0.25, 0.3) is 5.91 Å². The third kappa shape index (κ3) is 4.26. The van der Waals surface area contributed by atoms with Crippen LogP contribution >= 0.6 is 0 Å². The average molecular weight is 388 g/mol. The van der Waals surface area contributed by atoms with E-state index in [4.69, 9.17) is 4.52 Å². The molecule has 2 amide bonds. The first kappa shape index (κ1) is 19.5. The molecule has 28 heavy (non-hydrogen) atoms. The quantitative estimate of drug-likeness (QED) is 0.832. The van der Waals surface area contributed by atoms with E-state index in [0.717, 1.165) is 63.2 Å². The van der Waals surface area contributed by atoms with Crippen molar-refractivity contribution in [1.29, 1.82) is 0 Å². The van der Waals surface area contributed by atoms with Crippen LogP contribution in [0.4, 0.5) is 0 Å². The summed E-state index contributed by atoms with van der Waals surface area (Å²) in [6, 6.07) is 2.09. The second-order valence-corrected chi connectivity index (χ2v) is 9.13. The fraction of sp³-hybridized carbons (Fsp3) is 0.773. The molecule has 0 aromatic carbocycles. The van der Waals surface area contributed by atoms with Gasteiger partial charge in [-0.2, -0.15) is 0 Å². The molecule has 1 aromatic heterocycles. The van der Waals surface area contributed by atoms with E-state index in [9.17, 15) is 9.59 Å². The van der Waals surface area contributed by atoms with Crippen LogP contribution in [0, 0.1) is 11.8 Å². The summed E-state index contributed by atoms with van der Waals surface area (Å²) in [4.78, 5) is 27.7. The zero-order valence-electron chi connectivity index (χ0n) is 17.2. The summed E-state index contributed by atoms with van der Waals surface area (Å²) in [6.07, 6.45) is 9.21. The molecule has 4 rings (SSSR count). The number of rotatable bonds is 5. The summed E-state index contributed by atoms with van der Waals surface area (Å²) in [5.41, 5.74) is 0.379. The van der Waals surface area contributed by atoms with E-state index in [0.29, 0.717) is 17.5 Å². The Bertz CT molecular complexity index is 704. The third-order valence-corrected chi connectivity index (χ3v) is 6.91. The second-order valence-electron chi connectivity index (χ2n) is 9.13. The van der Waals surface area contributed by atoms with Crippen molar-refractivity contribution in [1.82, 2.24) is 15.4 Å². The van der Waals surface area contributed by atoms with Crippen molar-refractivity contribution in [3.8, 4) is 0 Å². The van der Waals surface area contributed by atoms with Crippen LogP contribution in [-0.4, -0.2) is 40.5 Å². The van der Waals surface area contributed by atoms with Gasteiger partial charge in [-0.3, -0.25) is 9.59 Å². The van der Waals surface area contributed by atoms with E-state index in [1.54, 1.807) is 6.07 Å². The molecule has 1 N–H and O–H groups in total. The summed E-state index contributed by atoms with van der Waals surface area (Å²) in [7, 11) is 0. The SMILES string of the molecule is CC[C@H]1CC(NC(=O)c2cc(C3CC3)on2)CCN1C(=O)C1CCC(C)CC1. The van der Waals surface area contributed by atoms with Crippen LogP contribution in [-0.2, 0) is 4.79 Å². The summed E-state index contributed by atoms with van der Waals surface area (Å²) in [5, 5.41) is 7.06. The van der Waals surface area contributed by atoms with Gasteiger partial charge in [-0.1, -0.05) is 19.0 Å². The first-order valence-corrected chi connectivity index (χ1v) is 11.1. The fourth-order valence-electron chi connectivity index (χ4n) is 4.82. The van der Waals surface area contributed by atoms with Crippen LogP contribution in [0.3, 0.4) is 0 Å². The van der Waals surface area contributed by atoms with Crippen molar-refractivity contribution < 1.29 is 14.1 Å². The van der Waals surface area contributed by atoms with Crippen molar-refractivity contribution in [2.75, 3.05) is 6.54 Å². The molecule has 3 aliphatic rings. The van der Waals surface area contributed by atoms with E-state index in [-0.39, 0.29) is 23.9 Å². The first-order valence-electron chi connectivity index (χ1n) is 11.1. The summed E-state index contributed by atoms with van der Waals surface area (Å²) in [5.74, 6) is 2.43. The number of aromatic nitrogens is 1. The molecule has 2 atom stereocenters. The lowest BCUT2D eigenvalue weighted by molar-refractivity contribution is -0.141. The minimum absolute atomic E-state index is 0.0916. The number of piperidine rings is 1. The minimum atomic E-state index is -0.156. The molecule has 0 spiro atoms. The van der Waals surface area contributed by atoms with Crippen LogP contribution < -0.4 is 5.32 Å². The topological polar surface area (TPSA) is 75.4 Å². The van der Waals surface area contributed by atoms with Gasteiger partial charge in [0, 0.05) is 36.5 Å². The maximum atomic E-state index is 13.1. The number of carbonyl (C=O) groups is 2. The standard InChI is InChI=1S/C22H33N3O3/c1-3-18-12-17(23-21(26)19-13-20(28-24-19)15-8-9-15)10-11-25(18)22(27)16-6-4-14(2)5-7-16/h13-18H,3-12H2,1-2H3,(H,23,26)/t14?,16?,17?,18-/m0/s1. The molecular weight excluding hydrogens is 354 g/mol. The largest absolute Gasteiger partial charge is 0.360 e. The van der Waals surface area contributed by atoms with Gasteiger partial charge in [0.1, 0.15) is 5.76 Å². The summed E-state index contributed by atoms with van der Waals surface area (Å²) < 4.78 is 5.30.